The van der Waals surface area contributed by atoms with Gasteiger partial charge in [-0.15, -0.1) is 0 Å². The van der Waals surface area contributed by atoms with Gasteiger partial charge in [0.1, 0.15) is 6.73 Å². The number of esters is 1. The van der Waals surface area contributed by atoms with Gasteiger partial charge in [-0.05, 0) is 13.0 Å². The number of ether oxygens (including phenoxy) is 2. The summed E-state index contributed by atoms with van der Waals surface area (Å²) in [6, 6.07) is 1.10. The molecule has 0 aliphatic carbocycles. The molecule has 1 aromatic heterocycles. The lowest BCUT2D eigenvalue weighted by Gasteiger charge is -2.15. The van der Waals surface area contributed by atoms with Gasteiger partial charge in [0.2, 0.25) is 0 Å². The van der Waals surface area contributed by atoms with Crippen LogP contribution in [0.2, 0.25) is 25.7 Å². The van der Waals surface area contributed by atoms with E-state index in [2.05, 4.69) is 24.7 Å². The van der Waals surface area contributed by atoms with Gasteiger partial charge in [-0.3, -0.25) is 0 Å². The summed E-state index contributed by atoms with van der Waals surface area (Å²) in [4.78, 5) is 11.6. The zero-order valence-electron chi connectivity index (χ0n) is 13.0. The van der Waals surface area contributed by atoms with Crippen LogP contribution in [0.25, 0.3) is 0 Å². The molecule has 0 aromatic carbocycles. The van der Waals surface area contributed by atoms with E-state index in [1.807, 2.05) is 6.92 Å². The van der Waals surface area contributed by atoms with E-state index >= 15 is 0 Å². The van der Waals surface area contributed by atoms with Crippen LogP contribution in [0, 0.1) is 6.92 Å². The van der Waals surface area contributed by atoms with Crippen molar-refractivity contribution in [2.75, 3.05) is 13.7 Å². The summed E-state index contributed by atoms with van der Waals surface area (Å²) in [5.74, 6) is -0.464. The summed E-state index contributed by atoms with van der Waals surface area (Å²) in [5.41, 5.74) is 7.51. The second-order valence-corrected chi connectivity index (χ2v) is 11.6. The summed E-state index contributed by atoms with van der Waals surface area (Å²) in [6.45, 7) is 10.1. The maximum absolute atomic E-state index is 11.6. The highest BCUT2D eigenvalue weighted by molar-refractivity contribution is 6.76. The Morgan fingerprint density at radius 1 is 1.40 bits per heavy atom. The van der Waals surface area contributed by atoms with E-state index in [9.17, 15) is 4.79 Å². The minimum Gasteiger partial charge on any atom is -0.464 e. The third kappa shape index (κ3) is 4.43. The number of carbonyl (C=O) groups excluding carboxylic acids is 1. The minimum absolute atomic E-state index is 0.255. The Bertz CT molecular complexity index is 466. The molecule has 20 heavy (non-hydrogen) atoms. The highest BCUT2D eigenvalue weighted by atomic mass is 28.3. The number of rotatable bonds is 7. The maximum atomic E-state index is 11.6. The third-order valence-corrected chi connectivity index (χ3v) is 4.83. The van der Waals surface area contributed by atoms with Crippen LogP contribution in [0.1, 0.15) is 21.7 Å². The van der Waals surface area contributed by atoms with Crippen molar-refractivity contribution in [3.8, 4) is 0 Å². The molecule has 0 unspecified atom stereocenters. The van der Waals surface area contributed by atoms with E-state index in [0.717, 1.165) is 11.7 Å². The van der Waals surface area contributed by atoms with Crippen LogP contribution in [0.15, 0.2) is 0 Å². The SMILES string of the molecule is COC(=O)c1nn(COCC[Si](C)(C)C)c(C)c1CN. The molecule has 114 valence electrons. The first-order valence-electron chi connectivity index (χ1n) is 6.72. The Labute approximate surface area is 121 Å². The number of hydrogen-bond donors (Lipinski definition) is 1. The van der Waals surface area contributed by atoms with Crippen molar-refractivity contribution >= 4 is 14.0 Å². The minimum atomic E-state index is -1.09. The van der Waals surface area contributed by atoms with E-state index < -0.39 is 14.0 Å². The fraction of sp³-hybridized carbons (Fsp3) is 0.692. The van der Waals surface area contributed by atoms with Crippen LogP contribution in [-0.2, 0) is 22.7 Å². The highest BCUT2D eigenvalue weighted by Gasteiger charge is 2.20. The summed E-state index contributed by atoms with van der Waals surface area (Å²) in [7, 11) is 0.241. The highest BCUT2D eigenvalue weighted by Crippen LogP contribution is 2.15. The molecule has 7 heteroatoms. The van der Waals surface area contributed by atoms with Crippen molar-refractivity contribution < 1.29 is 14.3 Å². The number of methoxy groups -OCH3 is 1. The number of aromatic nitrogens is 2. The van der Waals surface area contributed by atoms with E-state index in [0.29, 0.717) is 18.9 Å². The van der Waals surface area contributed by atoms with Crippen molar-refractivity contribution in [3.05, 3.63) is 17.0 Å². The van der Waals surface area contributed by atoms with Crippen molar-refractivity contribution in [2.45, 2.75) is 45.9 Å². The van der Waals surface area contributed by atoms with Crippen LogP contribution in [0.5, 0.6) is 0 Å². The first kappa shape index (κ1) is 16.9. The average Bonchev–Trinajstić information content (AvgIpc) is 2.69. The fourth-order valence-corrected chi connectivity index (χ4v) is 2.50. The molecule has 2 N–H and O–H groups in total. The van der Waals surface area contributed by atoms with Gasteiger partial charge in [-0.1, -0.05) is 19.6 Å². The first-order valence-corrected chi connectivity index (χ1v) is 10.4. The Morgan fingerprint density at radius 3 is 2.55 bits per heavy atom. The molecule has 0 bridgehead atoms. The Morgan fingerprint density at radius 2 is 2.05 bits per heavy atom. The smallest absolute Gasteiger partial charge is 0.358 e. The quantitative estimate of drug-likeness (QED) is 0.471. The lowest BCUT2D eigenvalue weighted by Crippen LogP contribution is -2.22. The van der Waals surface area contributed by atoms with E-state index in [-0.39, 0.29) is 12.2 Å². The standard InChI is InChI=1S/C13H25N3O3Si/c1-10-11(8-14)12(13(17)18-2)15-16(10)9-19-6-7-20(3,4)5/h6-9,14H2,1-5H3. The molecule has 0 spiro atoms. The fourth-order valence-electron chi connectivity index (χ4n) is 1.74. The van der Waals surface area contributed by atoms with Crippen LogP contribution in [-0.4, -0.2) is 37.5 Å². The molecule has 0 fully saturated rings. The van der Waals surface area contributed by atoms with Crippen molar-refractivity contribution in [1.82, 2.24) is 9.78 Å². The van der Waals surface area contributed by atoms with Gasteiger partial charge in [0.15, 0.2) is 5.69 Å². The van der Waals surface area contributed by atoms with Gasteiger partial charge >= 0.3 is 5.97 Å². The van der Waals surface area contributed by atoms with Gasteiger partial charge in [-0.25, -0.2) is 9.48 Å². The lowest BCUT2D eigenvalue weighted by atomic mass is 10.2. The molecule has 1 rings (SSSR count). The first-order chi connectivity index (χ1) is 9.30. The van der Waals surface area contributed by atoms with E-state index in [1.54, 1.807) is 4.68 Å². The predicted molar refractivity (Wildman–Crippen MR) is 80.3 cm³/mol. The normalized spacial score (nSPS) is 11.7. The topological polar surface area (TPSA) is 79.4 Å². The van der Waals surface area contributed by atoms with Crippen LogP contribution in [0.4, 0.5) is 0 Å². The van der Waals surface area contributed by atoms with Gasteiger partial charge in [0, 0.05) is 32.5 Å². The number of nitrogens with two attached hydrogens (primary N) is 1. The largest absolute Gasteiger partial charge is 0.464 e. The molecule has 0 saturated heterocycles. The van der Waals surface area contributed by atoms with Crippen LogP contribution in [0.3, 0.4) is 0 Å². The second kappa shape index (κ2) is 7.01. The molecular weight excluding hydrogens is 274 g/mol. The zero-order chi connectivity index (χ0) is 15.3. The van der Waals surface area contributed by atoms with Crippen molar-refractivity contribution in [2.24, 2.45) is 5.73 Å². The predicted octanol–water partition coefficient (Wildman–Crippen LogP) is 1.75. The van der Waals surface area contributed by atoms with Crippen molar-refractivity contribution in [1.29, 1.82) is 0 Å². The average molecular weight is 299 g/mol. The molecule has 6 nitrogen and oxygen atoms in total. The van der Waals surface area contributed by atoms with Crippen molar-refractivity contribution in [3.63, 3.8) is 0 Å². The number of carbonyl (C=O) groups is 1. The monoisotopic (exact) mass is 299 g/mol. The molecule has 0 amide bonds. The Hall–Kier alpha value is -1.18. The molecule has 0 radical (unpaired) electrons. The Kier molecular flexibility index (Phi) is 5.91. The lowest BCUT2D eigenvalue weighted by molar-refractivity contribution is 0.0581. The van der Waals surface area contributed by atoms with Gasteiger partial charge in [0.05, 0.1) is 7.11 Å². The summed E-state index contributed by atoms with van der Waals surface area (Å²) in [6.07, 6.45) is 0. The number of hydrogen-bond acceptors (Lipinski definition) is 5. The van der Waals surface area contributed by atoms with Gasteiger partial charge in [0.25, 0.3) is 0 Å². The molecule has 0 aliphatic rings. The Balaban J connectivity index is 2.71. The van der Waals surface area contributed by atoms with E-state index in [4.69, 9.17) is 15.2 Å². The summed E-state index contributed by atoms with van der Waals surface area (Å²) >= 11 is 0. The molecule has 0 aliphatic heterocycles. The zero-order valence-corrected chi connectivity index (χ0v) is 14.0. The second-order valence-electron chi connectivity index (χ2n) is 5.96. The maximum Gasteiger partial charge on any atom is 0.358 e. The van der Waals surface area contributed by atoms with Crippen LogP contribution < -0.4 is 5.73 Å². The molecule has 1 aromatic rings. The molecule has 1 heterocycles. The molecule has 0 atom stereocenters. The third-order valence-electron chi connectivity index (χ3n) is 3.12. The van der Waals surface area contributed by atoms with E-state index in [1.165, 1.54) is 7.11 Å². The number of nitrogens with zero attached hydrogens (tertiary/aromatic N) is 2. The van der Waals surface area contributed by atoms with Gasteiger partial charge in [-0.2, -0.15) is 5.10 Å². The van der Waals surface area contributed by atoms with Gasteiger partial charge < -0.3 is 15.2 Å². The summed E-state index contributed by atoms with van der Waals surface area (Å²) < 4.78 is 12.0. The molecule has 0 saturated carbocycles. The van der Waals surface area contributed by atoms with Crippen LogP contribution >= 0.6 is 0 Å². The summed E-state index contributed by atoms with van der Waals surface area (Å²) in [5, 5.41) is 4.23. The molecular formula is C13H25N3O3Si.